The fourth-order valence-electron chi connectivity index (χ4n) is 4.22. The molecule has 0 fully saturated rings. The number of hydrogen-bond donors (Lipinski definition) is 3. The molecular formula is C26H22F2N2O5. The number of amides is 2. The Balaban J connectivity index is 1.32. The third-order valence-electron chi connectivity index (χ3n) is 5.78. The molecule has 0 aliphatic heterocycles. The smallest absolute Gasteiger partial charge is 0.407 e. The summed E-state index contributed by atoms with van der Waals surface area (Å²) in [6.07, 6.45) is -0.961. The number of benzene rings is 3. The lowest BCUT2D eigenvalue weighted by molar-refractivity contribution is -0.116. The van der Waals surface area contributed by atoms with Crippen molar-refractivity contribution in [2.75, 3.05) is 11.9 Å². The van der Waals surface area contributed by atoms with E-state index in [2.05, 4.69) is 10.6 Å². The zero-order valence-corrected chi connectivity index (χ0v) is 18.7. The van der Waals surface area contributed by atoms with Crippen molar-refractivity contribution in [2.24, 2.45) is 0 Å². The molecule has 1 aliphatic rings. The Labute approximate surface area is 199 Å². The lowest BCUT2D eigenvalue weighted by Gasteiger charge is -2.17. The van der Waals surface area contributed by atoms with E-state index in [-0.39, 0.29) is 18.9 Å². The van der Waals surface area contributed by atoms with Crippen LogP contribution in [0.2, 0.25) is 0 Å². The van der Waals surface area contributed by atoms with Crippen LogP contribution in [0.3, 0.4) is 0 Å². The number of alkyl carbamates (subject to hydrolysis) is 1. The topological polar surface area (TPSA) is 105 Å². The van der Waals surface area contributed by atoms with E-state index in [1.165, 1.54) is 0 Å². The summed E-state index contributed by atoms with van der Waals surface area (Å²) in [5, 5.41) is 13.7. The van der Waals surface area contributed by atoms with Crippen molar-refractivity contribution < 1.29 is 33.0 Å². The van der Waals surface area contributed by atoms with Crippen LogP contribution in [-0.2, 0) is 9.53 Å². The molecular weight excluding hydrogens is 458 g/mol. The van der Waals surface area contributed by atoms with Crippen molar-refractivity contribution in [3.8, 4) is 11.1 Å². The third-order valence-corrected chi connectivity index (χ3v) is 5.78. The fourth-order valence-corrected chi connectivity index (χ4v) is 4.22. The van der Waals surface area contributed by atoms with E-state index < -0.39 is 46.9 Å². The average molecular weight is 480 g/mol. The summed E-state index contributed by atoms with van der Waals surface area (Å²) in [5.41, 5.74) is 2.70. The van der Waals surface area contributed by atoms with Gasteiger partial charge in [0.1, 0.15) is 18.0 Å². The molecule has 9 heteroatoms. The van der Waals surface area contributed by atoms with Crippen LogP contribution in [0.1, 0.15) is 40.7 Å². The van der Waals surface area contributed by atoms with Gasteiger partial charge < -0.3 is 20.5 Å². The molecule has 2 amide bonds. The maximum absolute atomic E-state index is 14.2. The van der Waals surface area contributed by atoms with Gasteiger partial charge >= 0.3 is 12.1 Å². The quantitative estimate of drug-likeness (QED) is 0.445. The molecule has 1 aliphatic carbocycles. The maximum atomic E-state index is 14.2. The number of carbonyl (C=O) groups is 3. The van der Waals surface area contributed by atoms with Gasteiger partial charge in [0.2, 0.25) is 5.91 Å². The number of rotatable bonds is 7. The number of carboxylic acids is 1. The summed E-state index contributed by atoms with van der Waals surface area (Å²) in [6.45, 7) is 1.67. The number of anilines is 1. The molecule has 0 saturated carbocycles. The summed E-state index contributed by atoms with van der Waals surface area (Å²) < 4.78 is 33.2. The Hall–Kier alpha value is -4.27. The first kappa shape index (κ1) is 23.9. The van der Waals surface area contributed by atoms with E-state index in [1.807, 2.05) is 48.5 Å². The van der Waals surface area contributed by atoms with Crippen molar-refractivity contribution in [2.45, 2.75) is 25.3 Å². The Bertz CT molecular complexity index is 1270. The SMILES string of the molecule is CC(CC(=O)Nc1ccc(F)c(C(=O)O)c1F)NC(=O)OCC1c2ccccc2-c2ccccc21. The number of ether oxygens (including phenoxy) is 1. The third kappa shape index (κ3) is 4.98. The minimum absolute atomic E-state index is 0.109. The van der Waals surface area contributed by atoms with Crippen molar-refractivity contribution in [3.05, 3.63) is 89.0 Å². The first-order valence-electron chi connectivity index (χ1n) is 10.9. The Morgan fingerprint density at radius 2 is 1.57 bits per heavy atom. The Morgan fingerprint density at radius 3 is 2.17 bits per heavy atom. The molecule has 3 aromatic rings. The van der Waals surface area contributed by atoms with Crippen LogP contribution in [0.15, 0.2) is 60.7 Å². The molecule has 0 spiro atoms. The van der Waals surface area contributed by atoms with Gasteiger partial charge in [0, 0.05) is 18.4 Å². The standard InChI is InChI=1S/C26H22F2N2O5/c1-14(12-22(31)30-21-11-10-20(27)23(24(21)28)25(32)33)29-26(34)35-13-19-17-8-4-2-6-15(17)16-7-3-5-9-18(16)19/h2-11,14,19H,12-13H2,1H3,(H,29,34)(H,30,31)(H,32,33). The summed E-state index contributed by atoms with van der Waals surface area (Å²) >= 11 is 0. The van der Waals surface area contributed by atoms with Gasteiger partial charge in [0.15, 0.2) is 5.82 Å². The average Bonchev–Trinajstić information content (AvgIpc) is 3.13. The van der Waals surface area contributed by atoms with E-state index in [4.69, 9.17) is 9.84 Å². The molecule has 0 heterocycles. The number of halogens is 2. The Morgan fingerprint density at radius 1 is 0.971 bits per heavy atom. The van der Waals surface area contributed by atoms with Crippen molar-refractivity contribution in [1.82, 2.24) is 5.32 Å². The number of carboxylic acid groups (broad SMARTS) is 1. The van der Waals surface area contributed by atoms with E-state index in [1.54, 1.807) is 6.92 Å². The van der Waals surface area contributed by atoms with E-state index >= 15 is 0 Å². The first-order chi connectivity index (χ1) is 16.8. The molecule has 1 atom stereocenters. The van der Waals surface area contributed by atoms with Gasteiger partial charge in [-0.3, -0.25) is 4.79 Å². The molecule has 1 unspecified atom stereocenters. The van der Waals surface area contributed by atoms with Gasteiger partial charge in [0.05, 0.1) is 5.69 Å². The maximum Gasteiger partial charge on any atom is 0.407 e. The number of nitrogens with one attached hydrogen (secondary N) is 2. The monoisotopic (exact) mass is 480 g/mol. The minimum atomic E-state index is -1.79. The lowest BCUT2D eigenvalue weighted by atomic mass is 9.98. The van der Waals surface area contributed by atoms with Crippen LogP contribution in [0, 0.1) is 11.6 Å². The molecule has 0 bridgehead atoms. The van der Waals surface area contributed by atoms with E-state index in [9.17, 15) is 23.2 Å². The van der Waals surface area contributed by atoms with Gasteiger partial charge in [-0.15, -0.1) is 0 Å². The fraction of sp³-hybridized carbons (Fsp3) is 0.192. The summed E-state index contributed by atoms with van der Waals surface area (Å²) in [5.74, 6) is -5.24. The predicted molar refractivity (Wildman–Crippen MR) is 124 cm³/mol. The highest BCUT2D eigenvalue weighted by Gasteiger charge is 2.29. The van der Waals surface area contributed by atoms with Crippen molar-refractivity contribution >= 4 is 23.7 Å². The normalized spacial score (nSPS) is 12.9. The van der Waals surface area contributed by atoms with Crippen molar-refractivity contribution in [3.63, 3.8) is 0 Å². The van der Waals surface area contributed by atoms with Crippen LogP contribution in [-0.4, -0.2) is 35.7 Å². The Kier molecular flexibility index (Phi) is 6.77. The predicted octanol–water partition coefficient (Wildman–Crippen LogP) is 4.92. The van der Waals surface area contributed by atoms with Gasteiger partial charge in [-0.1, -0.05) is 48.5 Å². The summed E-state index contributed by atoms with van der Waals surface area (Å²) in [4.78, 5) is 35.6. The molecule has 3 N–H and O–H groups in total. The highest BCUT2D eigenvalue weighted by atomic mass is 19.1. The highest BCUT2D eigenvalue weighted by Crippen LogP contribution is 2.44. The molecule has 35 heavy (non-hydrogen) atoms. The van der Waals surface area contributed by atoms with Crippen molar-refractivity contribution in [1.29, 1.82) is 0 Å². The van der Waals surface area contributed by atoms with E-state index in [0.29, 0.717) is 0 Å². The number of aromatic carboxylic acids is 1. The second kappa shape index (κ2) is 9.92. The van der Waals surface area contributed by atoms with Gasteiger partial charge in [-0.2, -0.15) is 0 Å². The van der Waals surface area contributed by atoms with Crippen LogP contribution in [0.25, 0.3) is 11.1 Å². The first-order valence-corrected chi connectivity index (χ1v) is 10.9. The van der Waals surface area contributed by atoms with Crippen LogP contribution in [0.5, 0.6) is 0 Å². The molecule has 0 aromatic heterocycles. The number of hydrogen-bond acceptors (Lipinski definition) is 4. The summed E-state index contributed by atoms with van der Waals surface area (Å²) in [7, 11) is 0. The molecule has 4 rings (SSSR count). The second-order valence-electron chi connectivity index (χ2n) is 8.21. The van der Waals surface area contributed by atoms with Gasteiger partial charge in [-0.25, -0.2) is 18.4 Å². The molecule has 0 radical (unpaired) electrons. The van der Waals surface area contributed by atoms with Crippen LogP contribution in [0.4, 0.5) is 19.3 Å². The molecule has 7 nitrogen and oxygen atoms in total. The lowest BCUT2D eigenvalue weighted by Crippen LogP contribution is -2.36. The largest absolute Gasteiger partial charge is 0.477 e. The molecule has 180 valence electrons. The minimum Gasteiger partial charge on any atom is -0.477 e. The van der Waals surface area contributed by atoms with Crippen LogP contribution < -0.4 is 10.6 Å². The zero-order valence-electron chi connectivity index (χ0n) is 18.7. The second-order valence-corrected chi connectivity index (χ2v) is 8.21. The zero-order chi connectivity index (χ0) is 25.1. The van der Waals surface area contributed by atoms with Gasteiger partial charge in [-0.05, 0) is 41.3 Å². The molecule has 3 aromatic carbocycles. The van der Waals surface area contributed by atoms with Gasteiger partial charge in [0.25, 0.3) is 0 Å². The van der Waals surface area contributed by atoms with Crippen LogP contribution >= 0.6 is 0 Å². The number of carbonyl (C=O) groups excluding carboxylic acids is 2. The number of fused-ring (bicyclic) bond motifs is 3. The summed E-state index contributed by atoms with van der Waals surface area (Å²) in [6, 6.07) is 16.8. The van der Waals surface area contributed by atoms with E-state index in [0.717, 1.165) is 34.4 Å². The highest BCUT2D eigenvalue weighted by molar-refractivity contribution is 5.94. The molecule has 0 saturated heterocycles.